The summed E-state index contributed by atoms with van der Waals surface area (Å²) in [7, 11) is 0. The maximum absolute atomic E-state index is 10.9. The summed E-state index contributed by atoms with van der Waals surface area (Å²) in [5.41, 5.74) is 34.8. The number of aromatic nitrogens is 1. The lowest BCUT2D eigenvalue weighted by Gasteiger charge is -2.46. The molecule has 19 aromatic rings. The van der Waals surface area contributed by atoms with Crippen LogP contribution in [0.25, 0.3) is 149 Å². The minimum atomic E-state index is -0.343. The molecular weight excluding hydrogens is 1410 g/mol. The van der Waals surface area contributed by atoms with Gasteiger partial charge in [-0.1, -0.05) is 281 Å². The lowest BCUT2D eigenvalue weighted by Crippen LogP contribution is -2.61. The van der Waals surface area contributed by atoms with Crippen LogP contribution in [0.15, 0.2) is 349 Å². The van der Waals surface area contributed by atoms with Gasteiger partial charge in [-0.15, -0.1) is 0 Å². The van der Waals surface area contributed by atoms with Crippen LogP contribution in [0.2, 0.25) is 0 Å². The summed E-state index contributed by atoms with van der Waals surface area (Å²) in [4.78, 5) is 5.37. The van der Waals surface area contributed by atoms with E-state index in [4.69, 9.17) is 8.83 Å². The standard InChI is InChI=1S/C109H83BN4O2/c1-107(2,3)76-50-53-93-87(59-76)86-54-67(66-111)48-52-92(86)112(93)79-64-96-104-97(65-79)114(105-84(70-34-18-12-19-35-70)60-77(108(4,5)6)61-85(105)71-36-20-13-21-37-71)95-58-72(75-56-73(68-30-14-10-15-31-68)55-74(57-75)69-32-16-11-17-33-69)49-51-91(95)110(104)90-42-24-25-43-94(90)113(96)106-88(80-40-28-46-100-102(80)82-38-22-26-44-98(82)115-100)62-78(109(7,8)9)63-89(106)81-41-29-47-101-103(81)83-39-23-27-45-99(83)116-101/h10-65H,1-9H3. The Labute approximate surface area is 677 Å². The number of furan rings is 2. The predicted octanol–water partition coefficient (Wildman–Crippen LogP) is 28.1. The van der Waals surface area contributed by atoms with E-state index >= 15 is 0 Å². The van der Waals surface area contributed by atoms with Crippen molar-refractivity contribution in [3.8, 4) is 89.6 Å². The number of para-hydroxylation sites is 3. The second kappa shape index (κ2) is 26.6. The van der Waals surface area contributed by atoms with Crippen LogP contribution in [-0.4, -0.2) is 11.3 Å². The molecule has 554 valence electrons. The molecule has 0 spiro atoms. The highest BCUT2D eigenvalue weighted by Gasteiger charge is 2.46. The number of anilines is 6. The van der Waals surface area contributed by atoms with Gasteiger partial charge in [0.2, 0.25) is 0 Å². The minimum Gasteiger partial charge on any atom is -0.456 e. The molecule has 7 heteroatoms. The van der Waals surface area contributed by atoms with Gasteiger partial charge >= 0.3 is 0 Å². The Morgan fingerprint density at radius 2 is 0.707 bits per heavy atom. The van der Waals surface area contributed by atoms with Crippen LogP contribution in [-0.2, 0) is 16.2 Å². The first-order chi connectivity index (χ1) is 56.4. The lowest BCUT2D eigenvalue weighted by molar-refractivity contribution is 0.590. The van der Waals surface area contributed by atoms with E-state index in [2.05, 4.69) is 416 Å². The number of nitriles is 1. The molecule has 116 heavy (non-hydrogen) atoms. The molecule has 5 heterocycles. The van der Waals surface area contributed by atoms with E-state index in [9.17, 15) is 5.26 Å². The highest BCUT2D eigenvalue weighted by Crippen LogP contribution is 2.57. The molecule has 6 nitrogen and oxygen atoms in total. The molecular formula is C109H83BN4O2. The lowest BCUT2D eigenvalue weighted by atomic mass is 9.33. The van der Waals surface area contributed by atoms with Gasteiger partial charge in [-0.3, -0.25) is 0 Å². The van der Waals surface area contributed by atoms with Crippen LogP contribution in [0, 0.1) is 11.3 Å². The van der Waals surface area contributed by atoms with Gasteiger partial charge in [0.25, 0.3) is 6.71 Å². The van der Waals surface area contributed by atoms with E-state index in [0.717, 1.165) is 189 Å². The van der Waals surface area contributed by atoms with Crippen molar-refractivity contribution in [2.24, 2.45) is 0 Å². The second-order valence-corrected chi connectivity index (χ2v) is 34.7. The molecule has 2 aliphatic heterocycles. The normalized spacial score (nSPS) is 12.8. The first-order valence-corrected chi connectivity index (χ1v) is 40.4. The van der Waals surface area contributed by atoms with E-state index in [1.165, 1.54) is 27.6 Å². The summed E-state index contributed by atoms with van der Waals surface area (Å²) in [6.07, 6.45) is 0. The van der Waals surface area contributed by atoms with Crippen molar-refractivity contribution in [1.29, 1.82) is 5.26 Å². The topological polar surface area (TPSA) is 61.5 Å². The Balaban J connectivity index is 0.972. The molecule has 16 aromatic carbocycles. The third kappa shape index (κ3) is 11.4. The highest BCUT2D eigenvalue weighted by molar-refractivity contribution is 7.00. The Hall–Kier alpha value is -13.9. The zero-order valence-electron chi connectivity index (χ0n) is 66.5. The molecule has 2 aliphatic rings. The van der Waals surface area contributed by atoms with Crippen LogP contribution in [0.3, 0.4) is 0 Å². The quantitative estimate of drug-likeness (QED) is 0.128. The molecule has 0 unspecified atom stereocenters. The smallest absolute Gasteiger partial charge is 0.252 e. The zero-order chi connectivity index (χ0) is 78.6. The van der Waals surface area contributed by atoms with E-state index < -0.39 is 0 Å². The molecule has 0 aliphatic carbocycles. The molecule has 0 amide bonds. The van der Waals surface area contributed by atoms with Gasteiger partial charge < -0.3 is 23.2 Å². The van der Waals surface area contributed by atoms with Gasteiger partial charge in [0.15, 0.2) is 0 Å². The van der Waals surface area contributed by atoms with Gasteiger partial charge in [-0.25, -0.2) is 0 Å². The Morgan fingerprint density at radius 3 is 1.22 bits per heavy atom. The largest absolute Gasteiger partial charge is 0.456 e. The fourth-order valence-corrected chi connectivity index (χ4v) is 18.6. The maximum Gasteiger partial charge on any atom is 0.252 e. The Morgan fingerprint density at radius 1 is 0.284 bits per heavy atom. The van der Waals surface area contributed by atoms with Crippen molar-refractivity contribution >= 4 is 123 Å². The molecule has 0 saturated carbocycles. The fraction of sp³-hybridized carbons (Fsp3) is 0.110. The summed E-state index contributed by atoms with van der Waals surface area (Å²) in [6, 6.07) is 129. The number of nitrogens with zero attached hydrogens (tertiary/aromatic N) is 4. The molecule has 0 saturated heterocycles. The van der Waals surface area contributed by atoms with Crippen LogP contribution in [0.5, 0.6) is 0 Å². The molecule has 0 atom stereocenters. The van der Waals surface area contributed by atoms with Gasteiger partial charge in [-0.05, 0) is 226 Å². The van der Waals surface area contributed by atoms with Crippen molar-refractivity contribution in [3.63, 3.8) is 0 Å². The molecule has 0 radical (unpaired) electrons. The monoisotopic (exact) mass is 1490 g/mol. The molecule has 0 fully saturated rings. The Bertz CT molecular complexity index is 7030. The van der Waals surface area contributed by atoms with Crippen molar-refractivity contribution < 1.29 is 8.83 Å². The van der Waals surface area contributed by atoms with Gasteiger partial charge in [0.1, 0.15) is 22.3 Å². The number of benzene rings is 16. The average Bonchev–Trinajstić information content (AvgIpc) is 0.779. The highest BCUT2D eigenvalue weighted by atomic mass is 16.3. The molecule has 21 rings (SSSR count). The zero-order valence-corrected chi connectivity index (χ0v) is 66.5. The number of hydrogen-bond donors (Lipinski definition) is 0. The molecule has 0 bridgehead atoms. The second-order valence-electron chi connectivity index (χ2n) is 34.7. The van der Waals surface area contributed by atoms with Gasteiger partial charge in [-0.2, -0.15) is 5.26 Å². The van der Waals surface area contributed by atoms with Crippen LogP contribution in [0.4, 0.5) is 34.1 Å². The van der Waals surface area contributed by atoms with E-state index in [1.807, 2.05) is 6.07 Å². The fourth-order valence-electron chi connectivity index (χ4n) is 18.6. The first kappa shape index (κ1) is 70.0. The van der Waals surface area contributed by atoms with Crippen molar-refractivity contribution in [3.05, 3.63) is 362 Å². The summed E-state index contributed by atoms with van der Waals surface area (Å²) >= 11 is 0. The van der Waals surface area contributed by atoms with Gasteiger partial charge in [0, 0.05) is 77.3 Å². The van der Waals surface area contributed by atoms with E-state index in [1.54, 1.807) is 0 Å². The number of fused-ring (bicyclic) bond motifs is 13. The van der Waals surface area contributed by atoms with Crippen LogP contribution >= 0.6 is 0 Å². The summed E-state index contributed by atoms with van der Waals surface area (Å²) in [5.74, 6) is 0. The van der Waals surface area contributed by atoms with Crippen molar-refractivity contribution in [2.45, 2.75) is 78.6 Å². The third-order valence-electron chi connectivity index (χ3n) is 24.4. The van der Waals surface area contributed by atoms with Crippen LogP contribution < -0.4 is 26.2 Å². The number of hydrogen-bond acceptors (Lipinski definition) is 5. The summed E-state index contributed by atoms with van der Waals surface area (Å²) < 4.78 is 16.4. The first-order valence-electron chi connectivity index (χ1n) is 40.4. The average molecular weight is 1490 g/mol. The van der Waals surface area contributed by atoms with E-state index in [0.29, 0.717) is 5.56 Å². The molecule has 0 N–H and O–H groups in total. The summed E-state index contributed by atoms with van der Waals surface area (Å²) in [5, 5.41) is 17.2. The minimum absolute atomic E-state index is 0.180. The van der Waals surface area contributed by atoms with Gasteiger partial charge in [0.05, 0.1) is 39.7 Å². The third-order valence-corrected chi connectivity index (χ3v) is 24.4. The predicted molar refractivity (Wildman–Crippen MR) is 488 cm³/mol. The molecule has 3 aromatic heterocycles. The van der Waals surface area contributed by atoms with E-state index in [-0.39, 0.29) is 23.0 Å². The van der Waals surface area contributed by atoms with Crippen LogP contribution in [0.1, 0.15) is 84.6 Å². The number of rotatable bonds is 10. The SMILES string of the molecule is CC(C)(C)c1cc(-c2ccccc2)c(N2c3cc(-c4cc(-c5ccccc5)cc(-c5ccccc5)c4)ccc3B3c4ccccc4N(c4c(-c5cccc6oc7ccccc7c56)cc(C(C)(C)C)cc4-c4cccc5oc6ccccc6c45)c4cc(-n5c6ccc(C#N)cc6c6cc(C(C)(C)C)ccc65)cc2c43)c(-c2ccccc2)c1. The van der Waals surface area contributed by atoms with Crippen molar-refractivity contribution in [2.75, 3.05) is 9.80 Å². The van der Waals surface area contributed by atoms with Crippen molar-refractivity contribution in [1.82, 2.24) is 4.57 Å². The Kier molecular flexibility index (Phi) is 16.0. The maximum atomic E-state index is 10.9. The summed E-state index contributed by atoms with van der Waals surface area (Å²) in [6.45, 7) is 20.6.